The summed E-state index contributed by atoms with van der Waals surface area (Å²) in [6.45, 7) is 7.63. The molecule has 1 fully saturated rings. The number of piperidine rings is 1. The number of likely N-dealkylation sites (tertiary alicyclic amines) is 1. The topological polar surface area (TPSA) is 107 Å². The number of anilines is 1. The van der Waals surface area contributed by atoms with Crippen molar-refractivity contribution in [2.75, 3.05) is 31.6 Å². The highest BCUT2D eigenvalue weighted by molar-refractivity contribution is 5.88. The molecular formula is C27H32N4O5. The van der Waals surface area contributed by atoms with Gasteiger partial charge in [-0.1, -0.05) is 11.2 Å². The zero-order valence-electron chi connectivity index (χ0n) is 21.0. The van der Waals surface area contributed by atoms with Gasteiger partial charge in [0.1, 0.15) is 0 Å². The van der Waals surface area contributed by atoms with Crippen LogP contribution >= 0.6 is 0 Å². The molecule has 0 spiro atoms. The van der Waals surface area contributed by atoms with E-state index in [4.69, 9.17) is 14.0 Å². The lowest BCUT2D eigenvalue weighted by molar-refractivity contribution is -0.131. The Morgan fingerprint density at radius 2 is 1.83 bits per heavy atom. The first kappa shape index (κ1) is 25.2. The van der Waals surface area contributed by atoms with Gasteiger partial charge < -0.3 is 24.2 Å². The lowest BCUT2D eigenvalue weighted by Gasteiger charge is -2.31. The molecule has 1 aromatic heterocycles. The number of carbonyl (C=O) groups is 2. The predicted molar refractivity (Wildman–Crippen MR) is 135 cm³/mol. The SMILES string of the molecule is CCOc1ccc(CC(=O)N2CCC[C@@H](c3nc(-c4ccc(NC(C)=O)cc4)no3)C2)cc1OCC. The first-order valence-electron chi connectivity index (χ1n) is 12.3. The molecule has 1 aliphatic rings. The van der Waals surface area contributed by atoms with Crippen molar-refractivity contribution in [1.29, 1.82) is 0 Å². The standard InChI is InChI=1S/C27H32N4O5/c1-4-34-23-13-8-19(15-24(23)35-5-2)16-25(33)31-14-6-7-21(17-31)27-29-26(30-36-27)20-9-11-22(12-10-20)28-18(3)32/h8-13,15,21H,4-7,14,16-17H2,1-3H3,(H,28,32)/t21-/m1/s1. The predicted octanol–water partition coefficient (Wildman–Crippen LogP) is 4.44. The second-order valence-corrected chi connectivity index (χ2v) is 8.72. The van der Waals surface area contributed by atoms with Crippen LogP contribution in [-0.4, -0.2) is 53.2 Å². The molecule has 36 heavy (non-hydrogen) atoms. The Balaban J connectivity index is 1.40. The number of carbonyl (C=O) groups excluding carboxylic acids is 2. The second kappa shape index (κ2) is 11.7. The summed E-state index contributed by atoms with van der Waals surface area (Å²) >= 11 is 0. The first-order chi connectivity index (χ1) is 17.5. The fourth-order valence-corrected chi connectivity index (χ4v) is 4.32. The van der Waals surface area contributed by atoms with Crippen LogP contribution in [0.4, 0.5) is 5.69 Å². The molecule has 0 saturated carbocycles. The van der Waals surface area contributed by atoms with Crippen LogP contribution in [0.25, 0.3) is 11.4 Å². The highest BCUT2D eigenvalue weighted by Crippen LogP contribution is 2.31. The normalized spacial score (nSPS) is 15.4. The van der Waals surface area contributed by atoms with Crippen LogP contribution in [0.1, 0.15) is 51.0 Å². The molecule has 1 N–H and O–H groups in total. The maximum atomic E-state index is 13.1. The van der Waals surface area contributed by atoms with E-state index in [-0.39, 0.29) is 24.2 Å². The van der Waals surface area contributed by atoms with E-state index in [1.54, 1.807) is 12.1 Å². The Hall–Kier alpha value is -3.88. The maximum Gasteiger partial charge on any atom is 0.231 e. The van der Waals surface area contributed by atoms with Gasteiger partial charge in [-0.2, -0.15) is 4.98 Å². The number of rotatable bonds is 9. The molecule has 190 valence electrons. The van der Waals surface area contributed by atoms with Crippen molar-refractivity contribution in [2.24, 2.45) is 0 Å². The van der Waals surface area contributed by atoms with E-state index >= 15 is 0 Å². The van der Waals surface area contributed by atoms with E-state index in [1.165, 1.54) is 6.92 Å². The average molecular weight is 493 g/mol. The smallest absolute Gasteiger partial charge is 0.231 e. The third kappa shape index (κ3) is 6.21. The van der Waals surface area contributed by atoms with Gasteiger partial charge >= 0.3 is 0 Å². The summed E-state index contributed by atoms with van der Waals surface area (Å²) in [5.74, 6) is 2.28. The fourth-order valence-electron chi connectivity index (χ4n) is 4.32. The molecule has 0 aliphatic carbocycles. The van der Waals surface area contributed by atoms with Crippen LogP contribution in [0.5, 0.6) is 11.5 Å². The van der Waals surface area contributed by atoms with Crippen LogP contribution < -0.4 is 14.8 Å². The third-order valence-corrected chi connectivity index (χ3v) is 5.99. The number of aromatic nitrogens is 2. The van der Waals surface area contributed by atoms with Gasteiger partial charge in [0.2, 0.25) is 23.5 Å². The zero-order valence-corrected chi connectivity index (χ0v) is 21.0. The van der Waals surface area contributed by atoms with Crippen molar-refractivity contribution in [3.63, 3.8) is 0 Å². The Morgan fingerprint density at radius 1 is 1.08 bits per heavy atom. The molecule has 1 saturated heterocycles. The minimum absolute atomic E-state index is 0.0121. The highest BCUT2D eigenvalue weighted by Gasteiger charge is 2.29. The number of nitrogens with one attached hydrogen (secondary N) is 1. The quantitative estimate of drug-likeness (QED) is 0.471. The molecule has 2 amide bonds. The molecule has 2 heterocycles. The van der Waals surface area contributed by atoms with Crippen molar-refractivity contribution in [2.45, 2.75) is 46.0 Å². The van der Waals surface area contributed by atoms with Crippen molar-refractivity contribution < 1.29 is 23.6 Å². The summed E-state index contributed by atoms with van der Waals surface area (Å²) in [4.78, 5) is 30.8. The van der Waals surface area contributed by atoms with Gasteiger partial charge in [0.25, 0.3) is 0 Å². The van der Waals surface area contributed by atoms with Gasteiger partial charge in [-0.05, 0) is 68.7 Å². The van der Waals surface area contributed by atoms with Gasteiger partial charge in [0.05, 0.1) is 25.6 Å². The van der Waals surface area contributed by atoms with E-state index in [9.17, 15) is 9.59 Å². The van der Waals surface area contributed by atoms with E-state index in [0.29, 0.717) is 55.2 Å². The molecule has 2 aromatic carbocycles. The molecule has 3 aromatic rings. The largest absolute Gasteiger partial charge is 0.490 e. The Labute approximate surface area is 210 Å². The van der Waals surface area contributed by atoms with Gasteiger partial charge in [-0.15, -0.1) is 0 Å². The summed E-state index contributed by atoms with van der Waals surface area (Å²) in [7, 11) is 0. The number of hydrogen-bond acceptors (Lipinski definition) is 7. The Morgan fingerprint density at radius 3 is 2.56 bits per heavy atom. The summed E-state index contributed by atoms with van der Waals surface area (Å²) in [5.41, 5.74) is 2.39. The molecule has 0 unspecified atom stereocenters. The molecule has 9 nitrogen and oxygen atoms in total. The van der Waals surface area contributed by atoms with E-state index < -0.39 is 0 Å². The number of hydrogen-bond donors (Lipinski definition) is 1. The fraction of sp³-hybridized carbons (Fsp3) is 0.407. The first-order valence-corrected chi connectivity index (χ1v) is 12.3. The Kier molecular flexibility index (Phi) is 8.20. The lowest BCUT2D eigenvalue weighted by atomic mass is 9.97. The van der Waals surface area contributed by atoms with E-state index in [1.807, 2.05) is 49.1 Å². The van der Waals surface area contributed by atoms with Crippen molar-refractivity contribution >= 4 is 17.5 Å². The molecule has 1 atom stereocenters. The van der Waals surface area contributed by atoms with Crippen LogP contribution in [0, 0.1) is 0 Å². The van der Waals surface area contributed by atoms with Gasteiger partial charge in [0, 0.05) is 31.3 Å². The molecule has 0 radical (unpaired) electrons. The molecular weight excluding hydrogens is 460 g/mol. The molecule has 1 aliphatic heterocycles. The van der Waals surface area contributed by atoms with Gasteiger partial charge in [-0.25, -0.2) is 0 Å². The molecule has 4 rings (SSSR count). The zero-order chi connectivity index (χ0) is 25.5. The lowest BCUT2D eigenvalue weighted by Crippen LogP contribution is -2.40. The van der Waals surface area contributed by atoms with E-state index in [2.05, 4.69) is 15.5 Å². The van der Waals surface area contributed by atoms with Gasteiger partial charge in [0.15, 0.2) is 11.5 Å². The summed E-state index contributed by atoms with van der Waals surface area (Å²) < 4.78 is 16.9. The van der Waals surface area contributed by atoms with Crippen LogP contribution in [0.3, 0.4) is 0 Å². The third-order valence-electron chi connectivity index (χ3n) is 5.99. The summed E-state index contributed by atoms with van der Waals surface area (Å²) in [5, 5.41) is 6.87. The average Bonchev–Trinajstić information content (AvgIpc) is 3.36. The van der Waals surface area contributed by atoms with Crippen LogP contribution in [-0.2, 0) is 16.0 Å². The maximum absolute atomic E-state index is 13.1. The molecule has 0 bridgehead atoms. The molecule has 9 heteroatoms. The number of ether oxygens (including phenoxy) is 2. The van der Waals surface area contributed by atoms with Crippen molar-refractivity contribution in [3.05, 3.63) is 53.9 Å². The van der Waals surface area contributed by atoms with Crippen LogP contribution in [0.15, 0.2) is 47.0 Å². The monoisotopic (exact) mass is 492 g/mol. The highest BCUT2D eigenvalue weighted by atomic mass is 16.5. The number of nitrogens with zero attached hydrogens (tertiary/aromatic N) is 3. The van der Waals surface area contributed by atoms with E-state index in [0.717, 1.165) is 24.0 Å². The Bertz CT molecular complexity index is 1190. The number of amides is 2. The minimum Gasteiger partial charge on any atom is -0.490 e. The van der Waals surface area contributed by atoms with Crippen molar-refractivity contribution in [3.8, 4) is 22.9 Å². The van der Waals surface area contributed by atoms with Crippen molar-refractivity contribution in [1.82, 2.24) is 15.0 Å². The summed E-state index contributed by atoms with van der Waals surface area (Å²) in [6.07, 6.45) is 2.03. The van der Waals surface area contributed by atoms with Gasteiger partial charge in [-0.3, -0.25) is 9.59 Å². The summed E-state index contributed by atoms with van der Waals surface area (Å²) in [6, 6.07) is 12.9. The number of benzene rings is 2. The van der Waals surface area contributed by atoms with Crippen LogP contribution in [0.2, 0.25) is 0 Å². The minimum atomic E-state index is -0.127. The second-order valence-electron chi connectivity index (χ2n) is 8.72.